The first-order valence-corrected chi connectivity index (χ1v) is 10.1. The molecule has 8 heteroatoms. The number of amides is 1. The maximum Gasteiger partial charge on any atom is 0.241 e. The smallest absolute Gasteiger partial charge is 0.241 e. The summed E-state index contributed by atoms with van der Waals surface area (Å²) in [6.07, 6.45) is 3.67. The number of carbonyl (C=O) groups excluding carboxylic acids is 1. The van der Waals surface area contributed by atoms with Crippen molar-refractivity contribution in [2.45, 2.75) is 37.8 Å². The van der Waals surface area contributed by atoms with Gasteiger partial charge in [-0.1, -0.05) is 37.6 Å². The molecule has 0 spiro atoms. The molecule has 2 rings (SSSR count). The highest BCUT2D eigenvalue weighted by molar-refractivity contribution is 7.89. The van der Waals surface area contributed by atoms with Gasteiger partial charge in [0.15, 0.2) is 0 Å². The van der Waals surface area contributed by atoms with Crippen LogP contribution in [0.2, 0.25) is 5.02 Å². The quantitative estimate of drug-likeness (QED) is 0.719. The minimum Gasteiger partial charge on any atom is -0.351 e. The Morgan fingerprint density at radius 1 is 1.23 bits per heavy atom. The Bertz CT molecular complexity index is 842. The predicted molar refractivity (Wildman–Crippen MR) is 101 cm³/mol. The summed E-state index contributed by atoms with van der Waals surface area (Å²) in [5, 5.41) is 3.07. The van der Waals surface area contributed by atoms with Gasteiger partial charge in [-0.3, -0.25) is 9.78 Å². The second-order valence-electron chi connectivity index (χ2n) is 6.34. The number of pyridine rings is 1. The van der Waals surface area contributed by atoms with Gasteiger partial charge in [0.05, 0.1) is 4.90 Å². The molecule has 0 radical (unpaired) electrons. The molecule has 26 heavy (non-hydrogen) atoms. The van der Waals surface area contributed by atoms with Crippen molar-refractivity contribution in [3.05, 3.63) is 59.4 Å². The average molecular weight is 396 g/mol. The predicted octanol–water partition coefficient (Wildman–Crippen LogP) is 2.74. The summed E-state index contributed by atoms with van der Waals surface area (Å²) in [5.74, 6) is -0.251. The molecule has 140 valence electrons. The minimum atomic E-state index is -3.86. The van der Waals surface area contributed by atoms with E-state index in [1.54, 1.807) is 30.6 Å². The third-order valence-corrected chi connectivity index (χ3v) is 5.32. The van der Waals surface area contributed by atoms with Crippen molar-refractivity contribution in [1.29, 1.82) is 0 Å². The Morgan fingerprint density at radius 2 is 2.00 bits per heavy atom. The maximum absolute atomic E-state index is 12.6. The van der Waals surface area contributed by atoms with Crippen LogP contribution in [0.4, 0.5) is 0 Å². The zero-order valence-corrected chi connectivity index (χ0v) is 16.2. The highest BCUT2D eigenvalue weighted by Crippen LogP contribution is 2.17. The molecule has 6 nitrogen and oxygen atoms in total. The SMILES string of the molecule is CC(C)C[C@@H](NS(=O)(=O)c1cccc(Cl)c1)C(=O)NCc1cccnc1. The molecule has 2 aromatic rings. The molecule has 0 saturated heterocycles. The highest BCUT2D eigenvalue weighted by atomic mass is 35.5. The number of hydrogen-bond donors (Lipinski definition) is 2. The summed E-state index contributed by atoms with van der Waals surface area (Å²) in [5.41, 5.74) is 0.835. The van der Waals surface area contributed by atoms with Gasteiger partial charge in [-0.05, 0) is 42.2 Å². The van der Waals surface area contributed by atoms with Gasteiger partial charge in [0.2, 0.25) is 15.9 Å². The number of nitrogens with zero attached hydrogens (tertiary/aromatic N) is 1. The van der Waals surface area contributed by atoms with Gasteiger partial charge in [0, 0.05) is 24.0 Å². The Hall–Kier alpha value is -1.96. The molecule has 0 fully saturated rings. The van der Waals surface area contributed by atoms with Crippen LogP contribution < -0.4 is 10.0 Å². The van der Waals surface area contributed by atoms with Crippen LogP contribution in [0, 0.1) is 5.92 Å². The lowest BCUT2D eigenvalue weighted by atomic mass is 10.0. The average Bonchev–Trinajstić information content (AvgIpc) is 2.59. The van der Waals surface area contributed by atoms with Crippen molar-refractivity contribution in [3.63, 3.8) is 0 Å². The molecule has 0 aliphatic rings. The molecular formula is C18H22ClN3O3S. The van der Waals surface area contributed by atoms with Gasteiger partial charge in [-0.15, -0.1) is 0 Å². The van der Waals surface area contributed by atoms with E-state index in [2.05, 4.69) is 15.0 Å². The molecule has 0 unspecified atom stereocenters. The lowest BCUT2D eigenvalue weighted by Crippen LogP contribution is -2.47. The van der Waals surface area contributed by atoms with E-state index in [-0.39, 0.29) is 23.3 Å². The first-order chi connectivity index (χ1) is 12.3. The lowest BCUT2D eigenvalue weighted by Gasteiger charge is -2.20. The zero-order chi connectivity index (χ0) is 19.2. The van der Waals surface area contributed by atoms with Crippen molar-refractivity contribution in [1.82, 2.24) is 15.0 Å². The van der Waals surface area contributed by atoms with E-state index < -0.39 is 16.1 Å². The van der Waals surface area contributed by atoms with Crippen molar-refractivity contribution < 1.29 is 13.2 Å². The van der Waals surface area contributed by atoms with E-state index in [0.29, 0.717) is 11.4 Å². The molecule has 1 aromatic heterocycles. The summed E-state index contributed by atoms with van der Waals surface area (Å²) in [4.78, 5) is 16.6. The highest BCUT2D eigenvalue weighted by Gasteiger charge is 2.26. The molecule has 2 N–H and O–H groups in total. The molecular weight excluding hydrogens is 374 g/mol. The van der Waals surface area contributed by atoms with Crippen LogP contribution in [-0.2, 0) is 21.4 Å². The third kappa shape index (κ3) is 6.09. The van der Waals surface area contributed by atoms with Crippen molar-refractivity contribution in [3.8, 4) is 0 Å². The van der Waals surface area contributed by atoms with E-state index in [0.717, 1.165) is 5.56 Å². The number of nitrogens with one attached hydrogen (secondary N) is 2. The van der Waals surface area contributed by atoms with Gasteiger partial charge in [0.25, 0.3) is 0 Å². The van der Waals surface area contributed by atoms with Gasteiger partial charge in [-0.2, -0.15) is 4.72 Å². The van der Waals surface area contributed by atoms with E-state index in [4.69, 9.17) is 11.6 Å². The Labute approximate surface area is 159 Å². The Kier molecular flexibility index (Phi) is 7.14. The molecule has 1 atom stereocenters. The summed E-state index contributed by atoms with van der Waals surface area (Å²) < 4.78 is 27.7. The zero-order valence-electron chi connectivity index (χ0n) is 14.6. The summed E-state index contributed by atoms with van der Waals surface area (Å²) >= 11 is 5.87. The third-order valence-electron chi connectivity index (χ3n) is 3.62. The maximum atomic E-state index is 12.6. The summed E-state index contributed by atoms with van der Waals surface area (Å²) in [6.45, 7) is 4.13. The van der Waals surface area contributed by atoms with Crippen LogP contribution in [0.1, 0.15) is 25.8 Å². The number of rotatable bonds is 8. The molecule has 0 bridgehead atoms. The van der Waals surface area contributed by atoms with Crippen molar-refractivity contribution in [2.75, 3.05) is 0 Å². The van der Waals surface area contributed by atoms with Gasteiger partial charge >= 0.3 is 0 Å². The van der Waals surface area contributed by atoms with E-state index in [1.807, 2.05) is 19.9 Å². The monoisotopic (exact) mass is 395 g/mol. The largest absolute Gasteiger partial charge is 0.351 e. The van der Waals surface area contributed by atoms with E-state index in [1.165, 1.54) is 12.1 Å². The molecule has 1 heterocycles. The van der Waals surface area contributed by atoms with Crippen LogP contribution in [-0.4, -0.2) is 25.4 Å². The van der Waals surface area contributed by atoms with Gasteiger partial charge in [0.1, 0.15) is 6.04 Å². The van der Waals surface area contributed by atoms with Crippen LogP contribution >= 0.6 is 11.6 Å². The van der Waals surface area contributed by atoms with E-state index in [9.17, 15) is 13.2 Å². The number of benzene rings is 1. The first kappa shape index (κ1) is 20.4. The summed E-state index contributed by atoms with van der Waals surface area (Å²) in [6, 6.07) is 8.66. The van der Waals surface area contributed by atoms with Crippen molar-refractivity contribution in [2.24, 2.45) is 5.92 Å². The molecule has 0 aliphatic heterocycles. The second kappa shape index (κ2) is 9.12. The van der Waals surface area contributed by atoms with Crippen LogP contribution in [0.3, 0.4) is 0 Å². The first-order valence-electron chi connectivity index (χ1n) is 8.22. The number of halogens is 1. The van der Waals surface area contributed by atoms with Gasteiger partial charge in [-0.25, -0.2) is 8.42 Å². The fraction of sp³-hybridized carbons (Fsp3) is 0.333. The van der Waals surface area contributed by atoms with Gasteiger partial charge < -0.3 is 5.32 Å². The molecule has 0 saturated carbocycles. The molecule has 1 amide bonds. The number of aromatic nitrogens is 1. The fourth-order valence-electron chi connectivity index (χ4n) is 2.38. The standard InChI is InChI=1S/C18H22ClN3O3S/c1-13(2)9-17(18(23)21-12-14-5-4-8-20-11-14)22-26(24,25)16-7-3-6-15(19)10-16/h3-8,10-11,13,17,22H,9,12H2,1-2H3,(H,21,23)/t17-/m1/s1. The summed E-state index contributed by atoms with van der Waals surface area (Å²) in [7, 11) is -3.86. The number of carbonyl (C=O) groups is 1. The Morgan fingerprint density at radius 3 is 2.62 bits per heavy atom. The number of sulfonamides is 1. The van der Waals surface area contributed by atoms with Crippen LogP contribution in [0.5, 0.6) is 0 Å². The minimum absolute atomic E-state index is 0.0267. The topological polar surface area (TPSA) is 88.2 Å². The van der Waals surface area contributed by atoms with E-state index >= 15 is 0 Å². The number of hydrogen-bond acceptors (Lipinski definition) is 4. The molecule has 0 aliphatic carbocycles. The lowest BCUT2D eigenvalue weighted by molar-refractivity contribution is -0.123. The van der Waals surface area contributed by atoms with Crippen molar-refractivity contribution >= 4 is 27.5 Å². The van der Waals surface area contributed by atoms with Crippen LogP contribution in [0.25, 0.3) is 0 Å². The fourth-order valence-corrected chi connectivity index (χ4v) is 3.89. The normalized spacial score (nSPS) is 12.8. The molecule has 1 aromatic carbocycles. The second-order valence-corrected chi connectivity index (χ2v) is 8.49. The van der Waals surface area contributed by atoms with Crippen LogP contribution in [0.15, 0.2) is 53.7 Å². The Balaban J connectivity index is 2.12.